The Balaban J connectivity index is 1.88. The third-order valence-corrected chi connectivity index (χ3v) is 4.41. The first kappa shape index (κ1) is 17.6. The maximum Gasteiger partial charge on any atom is 0.263 e. The number of ether oxygens (including phenoxy) is 1. The Morgan fingerprint density at radius 2 is 1.87 bits per heavy atom. The summed E-state index contributed by atoms with van der Waals surface area (Å²) < 4.78 is 6.65. The van der Waals surface area contributed by atoms with Crippen molar-refractivity contribution in [2.45, 2.75) is 13.0 Å². The predicted molar refractivity (Wildman–Crippen MR) is 94.4 cm³/mol. The highest BCUT2D eigenvalue weighted by Gasteiger charge is 2.26. The average molecular weight is 397 g/mol. The second-order valence-electron chi connectivity index (χ2n) is 5.04. The van der Waals surface area contributed by atoms with Crippen LogP contribution in [0.1, 0.15) is 6.92 Å². The van der Waals surface area contributed by atoms with E-state index in [1.807, 2.05) is 29.2 Å². The molecule has 0 spiro atoms. The molecule has 0 aromatic heterocycles. The number of carbonyl (C=O) groups excluding carboxylic acids is 1. The number of hydrogen-bond acceptors (Lipinski definition) is 4. The molecular weight excluding hydrogens is 380 g/mol. The average Bonchev–Trinajstić information content (AvgIpc) is 2.56. The van der Waals surface area contributed by atoms with Crippen LogP contribution < -0.4 is 4.74 Å². The highest BCUT2D eigenvalue weighted by atomic mass is 79.9. The molecule has 1 aromatic carbocycles. The van der Waals surface area contributed by atoms with Gasteiger partial charge in [-0.15, -0.1) is 17.6 Å². The number of carbonyl (C=O) groups is 1. The molecular formula is C15H17BrN4O2S. The molecule has 1 aromatic rings. The number of thiol groups is 1. The zero-order valence-corrected chi connectivity index (χ0v) is 15.1. The van der Waals surface area contributed by atoms with E-state index in [1.54, 1.807) is 18.0 Å². The lowest BCUT2D eigenvalue weighted by Crippen LogP contribution is -2.52. The summed E-state index contributed by atoms with van der Waals surface area (Å²) in [7, 11) is 0. The number of amides is 1. The Kier molecular flexibility index (Phi) is 6.30. The van der Waals surface area contributed by atoms with Crippen LogP contribution in [-0.2, 0) is 4.79 Å². The molecule has 23 heavy (non-hydrogen) atoms. The highest BCUT2D eigenvalue weighted by Crippen LogP contribution is 2.18. The van der Waals surface area contributed by atoms with Gasteiger partial charge in [-0.25, -0.2) is 0 Å². The summed E-state index contributed by atoms with van der Waals surface area (Å²) in [6.45, 7) is 4.05. The fourth-order valence-electron chi connectivity index (χ4n) is 2.27. The summed E-state index contributed by atoms with van der Waals surface area (Å²) in [5.74, 6) is 0.608. The maximum absolute atomic E-state index is 12.4. The van der Waals surface area contributed by atoms with Gasteiger partial charge in [0, 0.05) is 30.7 Å². The minimum atomic E-state index is -0.550. The molecule has 1 unspecified atom stereocenters. The van der Waals surface area contributed by atoms with Gasteiger partial charge in [-0.3, -0.25) is 4.79 Å². The predicted octanol–water partition coefficient (Wildman–Crippen LogP) is 2.13. The molecule has 0 bridgehead atoms. The van der Waals surface area contributed by atoms with E-state index in [0.29, 0.717) is 37.1 Å². The van der Waals surface area contributed by atoms with Crippen LogP contribution in [0.3, 0.4) is 0 Å². The van der Waals surface area contributed by atoms with Crippen molar-refractivity contribution in [3.8, 4) is 11.9 Å². The highest BCUT2D eigenvalue weighted by molar-refractivity contribution is 9.10. The number of piperazine rings is 1. The molecule has 1 saturated heterocycles. The number of benzene rings is 1. The molecule has 0 aliphatic carbocycles. The van der Waals surface area contributed by atoms with Gasteiger partial charge < -0.3 is 14.5 Å². The fourth-order valence-corrected chi connectivity index (χ4v) is 2.78. The Hall–Kier alpha value is -1.72. The number of nitrogens with zero attached hydrogens (tertiary/aromatic N) is 4. The van der Waals surface area contributed by atoms with Crippen molar-refractivity contribution < 1.29 is 9.53 Å². The van der Waals surface area contributed by atoms with Crippen molar-refractivity contribution in [1.29, 1.82) is 5.26 Å². The Morgan fingerprint density at radius 3 is 2.43 bits per heavy atom. The second kappa shape index (κ2) is 8.22. The lowest BCUT2D eigenvalue weighted by molar-refractivity contribution is -0.139. The quantitative estimate of drug-likeness (QED) is 0.367. The normalized spacial score (nSPS) is 16.7. The number of aliphatic imine (C=N–C) groups is 1. The number of halogens is 1. The van der Waals surface area contributed by atoms with Gasteiger partial charge in [0.1, 0.15) is 5.75 Å². The Bertz CT molecular complexity index is 621. The lowest BCUT2D eigenvalue weighted by atomic mass is 10.2. The molecule has 122 valence electrons. The topological polar surface area (TPSA) is 68.9 Å². The zero-order chi connectivity index (χ0) is 16.8. The third kappa shape index (κ3) is 4.88. The maximum atomic E-state index is 12.4. The van der Waals surface area contributed by atoms with Crippen molar-refractivity contribution in [3.05, 3.63) is 28.7 Å². The number of rotatable bonds is 3. The van der Waals surface area contributed by atoms with Crippen LogP contribution in [0, 0.1) is 11.5 Å². The first-order valence-corrected chi connectivity index (χ1v) is 8.37. The lowest BCUT2D eigenvalue weighted by Gasteiger charge is -2.36. The molecule has 1 fully saturated rings. The van der Waals surface area contributed by atoms with Crippen molar-refractivity contribution >= 4 is 39.6 Å². The molecule has 0 radical (unpaired) electrons. The van der Waals surface area contributed by atoms with E-state index in [-0.39, 0.29) is 5.91 Å². The monoisotopic (exact) mass is 396 g/mol. The molecule has 1 aliphatic rings. The fraction of sp³-hybridized carbons (Fsp3) is 0.400. The van der Waals surface area contributed by atoms with Crippen LogP contribution in [-0.4, -0.2) is 53.2 Å². The van der Waals surface area contributed by atoms with Gasteiger partial charge in [0.05, 0.1) is 0 Å². The van der Waals surface area contributed by atoms with E-state index in [2.05, 4.69) is 33.6 Å². The summed E-state index contributed by atoms with van der Waals surface area (Å²) in [4.78, 5) is 19.7. The molecule has 2 rings (SSSR count). The second-order valence-corrected chi connectivity index (χ2v) is 6.35. The SMILES string of the molecule is CC(Oc1ccc(Br)cc1)C(=O)N1CCN(C(S)=NC#N)CC1. The van der Waals surface area contributed by atoms with Crippen molar-refractivity contribution in [2.75, 3.05) is 26.2 Å². The molecule has 1 aliphatic heterocycles. The summed E-state index contributed by atoms with van der Waals surface area (Å²) >= 11 is 7.53. The number of amidine groups is 1. The molecule has 1 heterocycles. The van der Waals surface area contributed by atoms with E-state index in [0.717, 1.165) is 4.47 Å². The molecule has 8 heteroatoms. The first-order valence-electron chi connectivity index (χ1n) is 7.13. The van der Waals surface area contributed by atoms with Gasteiger partial charge in [-0.2, -0.15) is 5.26 Å². The van der Waals surface area contributed by atoms with Crippen LogP contribution in [0.5, 0.6) is 5.75 Å². The zero-order valence-electron chi connectivity index (χ0n) is 12.6. The van der Waals surface area contributed by atoms with Crippen LogP contribution in [0.2, 0.25) is 0 Å². The van der Waals surface area contributed by atoms with E-state index in [9.17, 15) is 4.79 Å². The number of hydrogen-bond donors (Lipinski definition) is 1. The van der Waals surface area contributed by atoms with Crippen LogP contribution in [0.4, 0.5) is 0 Å². The molecule has 0 N–H and O–H groups in total. The minimum absolute atomic E-state index is 0.0505. The molecule has 1 atom stereocenters. The van der Waals surface area contributed by atoms with Crippen molar-refractivity contribution in [2.24, 2.45) is 4.99 Å². The third-order valence-electron chi connectivity index (χ3n) is 3.50. The number of nitriles is 1. The molecule has 1 amide bonds. The summed E-state index contributed by atoms with van der Waals surface area (Å²) in [5.41, 5.74) is 0. The van der Waals surface area contributed by atoms with E-state index < -0.39 is 6.10 Å². The van der Waals surface area contributed by atoms with Crippen LogP contribution in [0.25, 0.3) is 0 Å². The van der Waals surface area contributed by atoms with E-state index >= 15 is 0 Å². The summed E-state index contributed by atoms with van der Waals surface area (Å²) in [6.07, 6.45) is 1.16. The first-order chi connectivity index (χ1) is 11.0. The minimum Gasteiger partial charge on any atom is -0.481 e. The van der Waals surface area contributed by atoms with Gasteiger partial charge in [-0.05, 0) is 31.2 Å². The standard InChI is InChI=1S/C15H17BrN4O2S/c1-11(22-13-4-2-12(16)3-5-13)14(21)19-6-8-20(9-7-19)15(23)18-10-17/h2-5,11H,6-9H2,1H3,(H,18,23). The molecule has 6 nitrogen and oxygen atoms in total. The van der Waals surface area contributed by atoms with Gasteiger partial charge in [0.2, 0.25) is 6.19 Å². The smallest absolute Gasteiger partial charge is 0.263 e. The largest absolute Gasteiger partial charge is 0.481 e. The van der Waals surface area contributed by atoms with Crippen molar-refractivity contribution in [1.82, 2.24) is 9.80 Å². The Labute approximate surface area is 149 Å². The van der Waals surface area contributed by atoms with E-state index in [1.165, 1.54) is 0 Å². The summed E-state index contributed by atoms with van der Waals surface area (Å²) in [5, 5.41) is 8.93. The van der Waals surface area contributed by atoms with Gasteiger partial charge in [0.15, 0.2) is 11.3 Å². The van der Waals surface area contributed by atoms with Crippen LogP contribution >= 0.6 is 28.6 Å². The van der Waals surface area contributed by atoms with Crippen LogP contribution in [0.15, 0.2) is 33.7 Å². The molecule has 0 saturated carbocycles. The van der Waals surface area contributed by atoms with Gasteiger partial charge in [0.25, 0.3) is 5.91 Å². The van der Waals surface area contributed by atoms with E-state index in [4.69, 9.17) is 10.00 Å². The van der Waals surface area contributed by atoms with Gasteiger partial charge in [-0.1, -0.05) is 15.9 Å². The van der Waals surface area contributed by atoms with Crippen molar-refractivity contribution in [3.63, 3.8) is 0 Å². The Morgan fingerprint density at radius 1 is 1.30 bits per heavy atom. The van der Waals surface area contributed by atoms with Gasteiger partial charge >= 0.3 is 0 Å². The summed E-state index contributed by atoms with van der Waals surface area (Å²) in [6, 6.07) is 7.37.